The molecule has 0 spiro atoms. The molecule has 1 N–H and O–H groups in total. The molecule has 116 valence electrons. The zero-order valence-electron chi connectivity index (χ0n) is 12.8. The summed E-state index contributed by atoms with van der Waals surface area (Å²) in [4.78, 5) is 0. The molecule has 1 saturated heterocycles. The maximum absolute atomic E-state index is 5.83. The zero-order valence-corrected chi connectivity index (χ0v) is 12.8. The standard InChI is InChI=1S/C17H25NO3/c1-2-18-16-12-21-17-11-14(7-8-15(16)17)20-10-4-6-13-5-3-9-19-13/h7-8,11,13,16,18H,2-6,9-10,12H2,1H3. The van der Waals surface area contributed by atoms with Crippen molar-refractivity contribution in [2.75, 3.05) is 26.4 Å². The third kappa shape index (κ3) is 3.69. The lowest BCUT2D eigenvalue weighted by Crippen LogP contribution is -2.21. The van der Waals surface area contributed by atoms with Crippen LogP contribution >= 0.6 is 0 Å². The van der Waals surface area contributed by atoms with Crippen LogP contribution in [0.3, 0.4) is 0 Å². The van der Waals surface area contributed by atoms with E-state index in [0.29, 0.717) is 18.8 Å². The summed E-state index contributed by atoms with van der Waals surface area (Å²) in [6.45, 7) is 5.46. The van der Waals surface area contributed by atoms with Crippen molar-refractivity contribution >= 4 is 0 Å². The Morgan fingerprint density at radius 2 is 2.33 bits per heavy atom. The van der Waals surface area contributed by atoms with Crippen LogP contribution < -0.4 is 14.8 Å². The van der Waals surface area contributed by atoms with Crippen LogP contribution in [0.5, 0.6) is 11.5 Å². The van der Waals surface area contributed by atoms with Gasteiger partial charge in [-0.1, -0.05) is 6.92 Å². The summed E-state index contributed by atoms with van der Waals surface area (Å²) in [5, 5.41) is 3.42. The Morgan fingerprint density at radius 3 is 3.14 bits per heavy atom. The van der Waals surface area contributed by atoms with Gasteiger partial charge < -0.3 is 19.5 Å². The first kappa shape index (κ1) is 14.7. The molecule has 0 bridgehead atoms. The third-order valence-electron chi connectivity index (χ3n) is 4.18. The first-order valence-corrected chi connectivity index (χ1v) is 8.11. The maximum atomic E-state index is 5.83. The summed E-state index contributed by atoms with van der Waals surface area (Å²) >= 11 is 0. The Labute approximate surface area is 126 Å². The molecule has 3 rings (SSSR count). The lowest BCUT2D eigenvalue weighted by Gasteiger charge is -2.11. The molecule has 4 heteroatoms. The highest BCUT2D eigenvalue weighted by molar-refractivity contribution is 5.45. The number of hydrogen-bond donors (Lipinski definition) is 1. The number of ether oxygens (including phenoxy) is 3. The van der Waals surface area contributed by atoms with Crippen LogP contribution in [-0.2, 0) is 4.74 Å². The molecule has 2 aliphatic rings. The van der Waals surface area contributed by atoms with Gasteiger partial charge in [-0.05, 0) is 44.4 Å². The fourth-order valence-electron chi connectivity index (χ4n) is 3.07. The SMILES string of the molecule is CCNC1COc2cc(OCCCC3CCCO3)ccc21. The topological polar surface area (TPSA) is 39.7 Å². The average molecular weight is 291 g/mol. The molecule has 1 fully saturated rings. The van der Waals surface area contributed by atoms with Crippen molar-refractivity contribution in [3.63, 3.8) is 0 Å². The van der Waals surface area contributed by atoms with Crippen molar-refractivity contribution in [1.82, 2.24) is 5.32 Å². The molecule has 1 aromatic carbocycles. The quantitative estimate of drug-likeness (QED) is 0.784. The molecule has 0 amide bonds. The average Bonchev–Trinajstić information content (AvgIpc) is 3.14. The van der Waals surface area contributed by atoms with Crippen LogP contribution in [0.4, 0.5) is 0 Å². The van der Waals surface area contributed by atoms with Crippen LogP contribution in [-0.4, -0.2) is 32.5 Å². The van der Waals surface area contributed by atoms with Gasteiger partial charge in [-0.3, -0.25) is 0 Å². The number of benzene rings is 1. The van der Waals surface area contributed by atoms with Crippen molar-refractivity contribution in [3.05, 3.63) is 23.8 Å². The maximum Gasteiger partial charge on any atom is 0.127 e. The van der Waals surface area contributed by atoms with Gasteiger partial charge in [0.2, 0.25) is 0 Å². The van der Waals surface area contributed by atoms with Crippen molar-refractivity contribution in [2.24, 2.45) is 0 Å². The van der Waals surface area contributed by atoms with Crippen LogP contribution in [0.25, 0.3) is 0 Å². The minimum atomic E-state index is 0.318. The van der Waals surface area contributed by atoms with Crippen molar-refractivity contribution in [3.8, 4) is 11.5 Å². The summed E-state index contributed by atoms with van der Waals surface area (Å²) < 4.78 is 17.2. The number of rotatable bonds is 7. The van der Waals surface area contributed by atoms with Crippen molar-refractivity contribution in [2.45, 2.75) is 44.8 Å². The number of nitrogens with one attached hydrogen (secondary N) is 1. The Kier molecular flexibility index (Phi) is 4.99. The van der Waals surface area contributed by atoms with Gasteiger partial charge in [-0.2, -0.15) is 0 Å². The third-order valence-corrected chi connectivity index (χ3v) is 4.18. The lowest BCUT2D eigenvalue weighted by atomic mass is 10.1. The summed E-state index contributed by atoms with van der Waals surface area (Å²) in [5.41, 5.74) is 1.24. The van der Waals surface area contributed by atoms with Gasteiger partial charge in [-0.25, -0.2) is 0 Å². The van der Waals surface area contributed by atoms with Crippen LogP contribution in [0.2, 0.25) is 0 Å². The van der Waals surface area contributed by atoms with Crippen LogP contribution in [0.1, 0.15) is 44.2 Å². The summed E-state index contributed by atoms with van der Waals surface area (Å²) in [5.74, 6) is 1.86. The van der Waals surface area contributed by atoms with Gasteiger partial charge in [-0.15, -0.1) is 0 Å². The molecule has 0 aromatic heterocycles. The first-order chi connectivity index (χ1) is 10.4. The minimum Gasteiger partial charge on any atom is -0.493 e. The van der Waals surface area contributed by atoms with Gasteiger partial charge in [0.15, 0.2) is 0 Å². The van der Waals surface area contributed by atoms with E-state index >= 15 is 0 Å². The van der Waals surface area contributed by atoms with Gasteiger partial charge in [0.05, 0.1) is 18.8 Å². The molecule has 0 radical (unpaired) electrons. The lowest BCUT2D eigenvalue weighted by molar-refractivity contribution is 0.0981. The molecular formula is C17H25NO3. The van der Waals surface area contributed by atoms with Crippen molar-refractivity contribution < 1.29 is 14.2 Å². The molecule has 1 aromatic rings. The monoisotopic (exact) mass is 291 g/mol. The van der Waals surface area contributed by atoms with Crippen LogP contribution in [0, 0.1) is 0 Å². The Bertz CT molecular complexity index is 457. The van der Waals surface area contributed by atoms with E-state index in [-0.39, 0.29) is 0 Å². The number of fused-ring (bicyclic) bond motifs is 1. The summed E-state index contributed by atoms with van der Waals surface area (Å²) in [6, 6.07) is 6.49. The Balaban J connectivity index is 1.46. The molecule has 2 aliphatic heterocycles. The fourth-order valence-corrected chi connectivity index (χ4v) is 3.07. The van der Waals surface area contributed by atoms with Gasteiger partial charge >= 0.3 is 0 Å². The largest absolute Gasteiger partial charge is 0.493 e. The van der Waals surface area contributed by atoms with Gasteiger partial charge in [0, 0.05) is 18.2 Å². The van der Waals surface area contributed by atoms with E-state index < -0.39 is 0 Å². The van der Waals surface area contributed by atoms with E-state index in [9.17, 15) is 0 Å². The second-order valence-electron chi connectivity index (χ2n) is 5.75. The predicted molar refractivity (Wildman–Crippen MR) is 82.1 cm³/mol. The highest BCUT2D eigenvalue weighted by atomic mass is 16.5. The number of hydrogen-bond acceptors (Lipinski definition) is 4. The second-order valence-corrected chi connectivity index (χ2v) is 5.75. The highest BCUT2D eigenvalue weighted by Gasteiger charge is 2.23. The van der Waals surface area contributed by atoms with E-state index in [1.54, 1.807) is 0 Å². The molecule has 2 atom stereocenters. The predicted octanol–water partition coefficient (Wildman–Crippen LogP) is 3.07. The molecule has 0 saturated carbocycles. The van der Waals surface area contributed by atoms with Gasteiger partial charge in [0.1, 0.15) is 18.1 Å². The van der Waals surface area contributed by atoms with E-state index in [1.165, 1.54) is 18.4 Å². The molecule has 2 heterocycles. The van der Waals surface area contributed by atoms with Gasteiger partial charge in [0.25, 0.3) is 0 Å². The van der Waals surface area contributed by atoms with E-state index in [1.807, 2.05) is 12.1 Å². The second kappa shape index (κ2) is 7.14. The molecule has 4 nitrogen and oxygen atoms in total. The number of likely N-dealkylation sites (N-methyl/N-ethyl adjacent to an activating group) is 1. The zero-order chi connectivity index (χ0) is 14.5. The smallest absolute Gasteiger partial charge is 0.127 e. The Hall–Kier alpha value is -1.26. The molecule has 0 aliphatic carbocycles. The molecule has 2 unspecified atom stereocenters. The fraction of sp³-hybridized carbons (Fsp3) is 0.647. The highest BCUT2D eigenvalue weighted by Crippen LogP contribution is 2.35. The van der Waals surface area contributed by atoms with E-state index in [4.69, 9.17) is 14.2 Å². The van der Waals surface area contributed by atoms with Crippen molar-refractivity contribution in [1.29, 1.82) is 0 Å². The summed E-state index contributed by atoms with van der Waals surface area (Å²) in [7, 11) is 0. The molecular weight excluding hydrogens is 266 g/mol. The van der Waals surface area contributed by atoms with E-state index in [0.717, 1.165) is 44.1 Å². The normalized spacial score (nSPS) is 23.9. The van der Waals surface area contributed by atoms with E-state index in [2.05, 4.69) is 18.3 Å². The minimum absolute atomic E-state index is 0.318. The summed E-state index contributed by atoms with van der Waals surface area (Å²) in [6.07, 6.45) is 5.02. The first-order valence-electron chi connectivity index (χ1n) is 8.11. The van der Waals surface area contributed by atoms with Crippen LogP contribution in [0.15, 0.2) is 18.2 Å². The molecule has 21 heavy (non-hydrogen) atoms. The Morgan fingerprint density at radius 1 is 1.38 bits per heavy atom.